The minimum absolute atomic E-state index is 0.192. The van der Waals surface area contributed by atoms with Crippen LogP contribution in [0.1, 0.15) is 21.7 Å². The average Bonchev–Trinajstić information content (AvgIpc) is 3.00. The van der Waals surface area contributed by atoms with Gasteiger partial charge in [-0.3, -0.25) is 14.4 Å². The van der Waals surface area contributed by atoms with E-state index >= 15 is 0 Å². The minimum Gasteiger partial charge on any atom is -0.335 e. The highest BCUT2D eigenvalue weighted by Crippen LogP contribution is 2.29. The number of hydrogen-bond acceptors (Lipinski definition) is 3. The Bertz CT molecular complexity index is 845. The molecule has 1 fully saturated rings. The van der Waals surface area contributed by atoms with Crippen molar-refractivity contribution in [2.45, 2.75) is 12.7 Å². The van der Waals surface area contributed by atoms with E-state index in [1.54, 1.807) is 12.1 Å². The molecule has 1 aromatic heterocycles. The van der Waals surface area contributed by atoms with Gasteiger partial charge in [0.15, 0.2) is 5.69 Å². The van der Waals surface area contributed by atoms with Crippen LogP contribution >= 0.6 is 23.2 Å². The maximum atomic E-state index is 12.9. The van der Waals surface area contributed by atoms with Gasteiger partial charge in [-0.15, -0.1) is 0 Å². The van der Waals surface area contributed by atoms with Crippen molar-refractivity contribution in [2.24, 2.45) is 7.05 Å². The molecule has 0 atom stereocenters. The van der Waals surface area contributed by atoms with E-state index in [-0.39, 0.29) is 5.69 Å². The summed E-state index contributed by atoms with van der Waals surface area (Å²) in [6, 6.07) is 6.22. The molecule has 0 N–H and O–H groups in total. The maximum Gasteiger partial charge on any atom is 0.433 e. The number of aromatic nitrogens is 2. The van der Waals surface area contributed by atoms with Crippen molar-refractivity contribution in [1.82, 2.24) is 19.6 Å². The molecule has 0 aliphatic carbocycles. The van der Waals surface area contributed by atoms with Crippen LogP contribution < -0.4 is 0 Å². The van der Waals surface area contributed by atoms with E-state index in [9.17, 15) is 18.0 Å². The van der Waals surface area contributed by atoms with Crippen molar-refractivity contribution in [3.63, 3.8) is 0 Å². The van der Waals surface area contributed by atoms with Gasteiger partial charge in [0.2, 0.25) is 0 Å². The third kappa shape index (κ3) is 4.56. The van der Waals surface area contributed by atoms with Crippen LogP contribution in [0.15, 0.2) is 24.3 Å². The van der Waals surface area contributed by atoms with Gasteiger partial charge in [-0.05, 0) is 17.7 Å². The molecule has 0 bridgehead atoms. The van der Waals surface area contributed by atoms with Gasteiger partial charge >= 0.3 is 6.18 Å². The largest absolute Gasteiger partial charge is 0.433 e. The molecule has 146 valence electrons. The Morgan fingerprint density at radius 2 is 1.78 bits per heavy atom. The van der Waals surface area contributed by atoms with Crippen molar-refractivity contribution in [2.75, 3.05) is 26.2 Å². The van der Waals surface area contributed by atoms with Crippen LogP contribution in [0.25, 0.3) is 0 Å². The van der Waals surface area contributed by atoms with Gasteiger partial charge in [-0.1, -0.05) is 29.3 Å². The number of amides is 1. The van der Waals surface area contributed by atoms with E-state index < -0.39 is 17.8 Å². The number of alkyl halides is 3. The fourth-order valence-electron chi connectivity index (χ4n) is 3.00. The molecule has 1 aliphatic heterocycles. The Labute approximate surface area is 164 Å². The van der Waals surface area contributed by atoms with Crippen molar-refractivity contribution in [3.8, 4) is 0 Å². The van der Waals surface area contributed by atoms with E-state index in [0.717, 1.165) is 11.6 Å². The zero-order chi connectivity index (χ0) is 19.8. The smallest absolute Gasteiger partial charge is 0.335 e. The summed E-state index contributed by atoms with van der Waals surface area (Å²) >= 11 is 11.9. The van der Waals surface area contributed by atoms with E-state index in [1.807, 2.05) is 6.07 Å². The van der Waals surface area contributed by atoms with E-state index in [0.29, 0.717) is 47.5 Å². The number of piperazine rings is 1. The molecule has 1 aliphatic rings. The first-order chi connectivity index (χ1) is 12.6. The van der Waals surface area contributed by atoms with E-state index in [1.165, 1.54) is 11.9 Å². The number of carbonyl (C=O) groups is 1. The van der Waals surface area contributed by atoms with Crippen molar-refractivity contribution in [1.29, 1.82) is 0 Å². The number of nitrogens with zero attached hydrogens (tertiary/aromatic N) is 4. The minimum atomic E-state index is -4.54. The van der Waals surface area contributed by atoms with Crippen LogP contribution in [-0.4, -0.2) is 51.7 Å². The zero-order valence-electron chi connectivity index (χ0n) is 14.4. The summed E-state index contributed by atoms with van der Waals surface area (Å²) in [5, 5.41) is 4.70. The molecule has 1 amide bonds. The number of benzene rings is 1. The van der Waals surface area contributed by atoms with Crippen molar-refractivity contribution >= 4 is 29.1 Å². The molecule has 10 heteroatoms. The summed E-state index contributed by atoms with van der Waals surface area (Å²) < 4.78 is 39.3. The lowest BCUT2D eigenvalue weighted by atomic mass is 10.2. The predicted molar refractivity (Wildman–Crippen MR) is 95.9 cm³/mol. The molecule has 0 spiro atoms. The Morgan fingerprint density at radius 3 is 2.33 bits per heavy atom. The standard InChI is InChI=1S/C17H17Cl2F3N4O/c1-24-15(17(20,21)22)9-14(23-24)16(27)26-6-4-25(5-7-26)10-11-2-3-12(18)13(19)8-11/h2-3,8-9H,4-7,10H2,1H3. The van der Waals surface area contributed by atoms with Gasteiger partial charge in [0.25, 0.3) is 5.91 Å². The number of hydrogen-bond donors (Lipinski definition) is 0. The van der Waals surface area contributed by atoms with Crippen LogP contribution in [0.4, 0.5) is 13.2 Å². The third-order valence-corrected chi connectivity index (χ3v) is 5.18. The normalized spacial score (nSPS) is 16.0. The Hall–Kier alpha value is -1.77. The molecule has 1 aromatic carbocycles. The van der Waals surface area contributed by atoms with Gasteiger partial charge in [-0.2, -0.15) is 18.3 Å². The molecule has 0 unspecified atom stereocenters. The summed E-state index contributed by atoms with van der Waals surface area (Å²) in [6.07, 6.45) is -4.54. The van der Waals surface area contributed by atoms with Crippen LogP contribution in [0.3, 0.4) is 0 Å². The van der Waals surface area contributed by atoms with Crippen molar-refractivity contribution in [3.05, 3.63) is 51.3 Å². The number of aryl methyl sites for hydroxylation is 1. The van der Waals surface area contributed by atoms with Crippen LogP contribution in [0.2, 0.25) is 10.0 Å². The number of halogens is 5. The molecular weight excluding hydrogens is 404 g/mol. The second kappa shape index (κ2) is 7.69. The zero-order valence-corrected chi connectivity index (χ0v) is 15.9. The summed E-state index contributed by atoms with van der Waals surface area (Å²) in [7, 11) is 1.18. The fourth-order valence-corrected chi connectivity index (χ4v) is 3.33. The third-order valence-electron chi connectivity index (χ3n) is 4.44. The first kappa shape index (κ1) is 20.0. The maximum absolute atomic E-state index is 12.9. The van der Waals surface area contributed by atoms with Crippen LogP contribution in [0, 0.1) is 0 Å². The Kier molecular flexibility index (Phi) is 5.69. The summed E-state index contributed by atoms with van der Waals surface area (Å²) in [5.74, 6) is -0.490. The van der Waals surface area contributed by atoms with Gasteiger partial charge in [0, 0.05) is 45.8 Å². The first-order valence-corrected chi connectivity index (χ1v) is 8.97. The van der Waals surface area contributed by atoms with Crippen LogP contribution in [0.5, 0.6) is 0 Å². The Morgan fingerprint density at radius 1 is 1.11 bits per heavy atom. The molecule has 2 heterocycles. The summed E-state index contributed by atoms with van der Waals surface area (Å²) in [4.78, 5) is 16.1. The predicted octanol–water partition coefficient (Wildman–Crippen LogP) is 3.70. The second-order valence-corrected chi connectivity index (χ2v) is 7.17. The van der Waals surface area contributed by atoms with E-state index in [4.69, 9.17) is 23.2 Å². The molecule has 0 radical (unpaired) electrons. The van der Waals surface area contributed by atoms with Crippen LogP contribution in [-0.2, 0) is 19.8 Å². The lowest BCUT2D eigenvalue weighted by Gasteiger charge is -2.34. The second-order valence-electron chi connectivity index (χ2n) is 6.35. The highest BCUT2D eigenvalue weighted by Gasteiger charge is 2.36. The van der Waals surface area contributed by atoms with Gasteiger partial charge in [0.05, 0.1) is 10.0 Å². The molecule has 5 nitrogen and oxygen atoms in total. The number of carbonyl (C=O) groups excluding carboxylic acids is 1. The molecule has 3 rings (SSSR count). The highest BCUT2D eigenvalue weighted by molar-refractivity contribution is 6.42. The summed E-state index contributed by atoms with van der Waals surface area (Å²) in [6.45, 7) is 2.69. The topological polar surface area (TPSA) is 41.4 Å². The van der Waals surface area contributed by atoms with Gasteiger partial charge < -0.3 is 4.90 Å². The molecular formula is C17H17Cl2F3N4O. The van der Waals surface area contributed by atoms with Gasteiger partial charge in [-0.25, -0.2) is 0 Å². The number of rotatable bonds is 3. The lowest BCUT2D eigenvalue weighted by molar-refractivity contribution is -0.143. The average molecular weight is 421 g/mol. The monoisotopic (exact) mass is 420 g/mol. The first-order valence-electron chi connectivity index (χ1n) is 8.22. The van der Waals surface area contributed by atoms with Gasteiger partial charge in [0.1, 0.15) is 5.69 Å². The quantitative estimate of drug-likeness (QED) is 0.759. The highest BCUT2D eigenvalue weighted by atomic mass is 35.5. The Balaban J connectivity index is 1.60. The van der Waals surface area contributed by atoms with Crippen molar-refractivity contribution < 1.29 is 18.0 Å². The molecule has 2 aromatic rings. The SMILES string of the molecule is Cn1nc(C(=O)N2CCN(Cc3ccc(Cl)c(Cl)c3)CC2)cc1C(F)(F)F. The molecule has 0 saturated carbocycles. The van der Waals surface area contributed by atoms with E-state index in [2.05, 4.69) is 10.00 Å². The lowest BCUT2D eigenvalue weighted by Crippen LogP contribution is -2.48. The molecule has 27 heavy (non-hydrogen) atoms. The summed E-state index contributed by atoms with van der Waals surface area (Å²) in [5.41, 5.74) is -0.129. The molecule has 1 saturated heterocycles. The fraction of sp³-hybridized carbons (Fsp3) is 0.412.